The molecule has 1 heterocycles. The van der Waals surface area contributed by atoms with Crippen LogP contribution < -0.4 is 4.90 Å². The zero-order valence-corrected chi connectivity index (χ0v) is 8.64. The predicted molar refractivity (Wildman–Crippen MR) is 57.1 cm³/mol. The molecule has 0 N–H and O–H groups in total. The first-order chi connectivity index (χ1) is 7.31. The van der Waals surface area contributed by atoms with E-state index in [0.29, 0.717) is 18.5 Å². The minimum atomic E-state index is 0.482. The fraction of sp³-hybridized carbons (Fsp3) is 0.364. The van der Waals surface area contributed by atoms with E-state index < -0.39 is 0 Å². The molecule has 0 spiro atoms. The van der Waals surface area contributed by atoms with Gasteiger partial charge in [-0.15, -0.1) is 0 Å². The van der Waals surface area contributed by atoms with Crippen LogP contribution in [-0.4, -0.2) is 18.1 Å². The quantitative estimate of drug-likeness (QED) is 0.742. The molecule has 0 fully saturated rings. The number of hydrogen-bond donors (Lipinski definition) is 0. The predicted octanol–water partition coefficient (Wildman–Crippen LogP) is 1.69. The maximum atomic E-state index is 8.62. The van der Waals surface area contributed by atoms with Crippen LogP contribution >= 0.6 is 0 Å². The zero-order valence-electron chi connectivity index (χ0n) is 8.64. The summed E-state index contributed by atoms with van der Waals surface area (Å²) in [6.45, 7) is 3.49. The minimum Gasteiger partial charge on any atom is -0.356 e. The molecule has 0 amide bonds. The van der Waals surface area contributed by atoms with Crippen LogP contribution in [0.5, 0.6) is 0 Å². The monoisotopic (exact) mass is 200 g/mol. The highest BCUT2D eigenvalue weighted by Crippen LogP contribution is 2.10. The second-order valence-corrected chi connectivity index (χ2v) is 3.00. The molecule has 0 aliphatic carbocycles. The maximum Gasteiger partial charge on any atom is 0.128 e. The van der Waals surface area contributed by atoms with Crippen molar-refractivity contribution in [2.75, 3.05) is 18.0 Å². The van der Waals surface area contributed by atoms with Gasteiger partial charge >= 0.3 is 0 Å². The van der Waals surface area contributed by atoms with Crippen molar-refractivity contribution < 1.29 is 0 Å². The highest BCUT2D eigenvalue weighted by atomic mass is 15.2. The third-order valence-electron chi connectivity index (χ3n) is 2.08. The molecule has 76 valence electrons. The lowest BCUT2D eigenvalue weighted by Crippen LogP contribution is -2.24. The molecule has 1 aromatic rings. The smallest absolute Gasteiger partial charge is 0.128 e. The van der Waals surface area contributed by atoms with Gasteiger partial charge in [-0.2, -0.15) is 10.5 Å². The van der Waals surface area contributed by atoms with Crippen LogP contribution in [0.3, 0.4) is 0 Å². The summed E-state index contributed by atoms with van der Waals surface area (Å²) in [4.78, 5) is 6.17. The fourth-order valence-corrected chi connectivity index (χ4v) is 1.26. The topological polar surface area (TPSA) is 63.7 Å². The number of nitriles is 2. The van der Waals surface area contributed by atoms with Gasteiger partial charge in [-0.25, -0.2) is 4.98 Å². The molecule has 0 unspecified atom stereocenters. The molecule has 0 saturated heterocycles. The molecule has 0 radical (unpaired) electrons. The molecule has 4 nitrogen and oxygen atoms in total. The molecule has 0 saturated carbocycles. The molecule has 1 rings (SSSR count). The Balaban J connectivity index is 2.75. The summed E-state index contributed by atoms with van der Waals surface area (Å²) in [5.74, 6) is 0.812. The Morgan fingerprint density at radius 1 is 1.40 bits per heavy atom. The van der Waals surface area contributed by atoms with E-state index in [-0.39, 0.29) is 0 Å². The third kappa shape index (κ3) is 2.96. The number of rotatable bonds is 4. The molecular formula is C11H12N4. The number of nitrogens with zero attached hydrogens (tertiary/aromatic N) is 4. The second-order valence-electron chi connectivity index (χ2n) is 3.00. The Labute approximate surface area is 89.4 Å². The number of pyridine rings is 1. The molecule has 1 aromatic heterocycles. The van der Waals surface area contributed by atoms with Crippen molar-refractivity contribution in [3.63, 3.8) is 0 Å². The van der Waals surface area contributed by atoms with E-state index in [1.54, 1.807) is 18.3 Å². The van der Waals surface area contributed by atoms with Crippen LogP contribution in [-0.2, 0) is 0 Å². The van der Waals surface area contributed by atoms with Crippen molar-refractivity contribution in [3.05, 3.63) is 23.9 Å². The Hall–Kier alpha value is -2.07. The van der Waals surface area contributed by atoms with Crippen LogP contribution in [0.15, 0.2) is 18.3 Å². The van der Waals surface area contributed by atoms with Crippen LogP contribution in [0.1, 0.15) is 18.9 Å². The molecule has 4 heteroatoms. The van der Waals surface area contributed by atoms with Crippen LogP contribution in [0, 0.1) is 22.7 Å². The summed E-state index contributed by atoms with van der Waals surface area (Å²) in [6, 6.07) is 7.66. The first-order valence-corrected chi connectivity index (χ1v) is 4.80. The summed E-state index contributed by atoms with van der Waals surface area (Å²) >= 11 is 0. The maximum absolute atomic E-state index is 8.62. The van der Waals surface area contributed by atoms with Crippen molar-refractivity contribution in [2.45, 2.75) is 13.3 Å². The molecule has 0 aromatic carbocycles. The van der Waals surface area contributed by atoms with Crippen molar-refractivity contribution in [3.8, 4) is 12.1 Å². The SMILES string of the molecule is CCN(CCC#N)c1ccc(C#N)cn1. The highest BCUT2D eigenvalue weighted by Gasteiger charge is 2.04. The Morgan fingerprint density at radius 2 is 2.20 bits per heavy atom. The molecule has 15 heavy (non-hydrogen) atoms. The van der Waals surface area contributed by atoms with E-state index in [4.69, 9.17) is 10.5 Å². The van der Waals surface area contributed by atoms with Crippen molar-refractivity contribution in [1.82, 2.24) is 4.98 Å². The lowest BCUT2D eigenvalue weighted by molar-refractivity contribution is 0.810. The van der Waals surface area contributed by atoms with Crippen molar-refractivity contribution >= 4 is 5.82 Å². The highest BCUT2D eigenvalue weighted by molar-refractivity contribution is 5.41. The third-order valence-corrected chi connectivity index (χ3v) is 2.08. The van der Waals surface area contributed by atoms with Gasteiger partial charge in [0.15, 0.2) is 0 Å². The summed E-state index contributed by atoms with van der Waals surface area (Å²) in [7, 11) is 0. The largest absolute Gasteiger partial charge is 0.356 e. The normalized spacial score (nSPS) is 9.00. The van der Waals surface area contributed by atoms with Gasteiger partial charge in [0, 0.05) is 19.3 Å². The van der Waals surface area contributed by atoms with Gasteiger partial charge in [0.2, 0.25) is 0 Å². The molecule has 0 aliphatic rings. The van der Waals surface area contributed by atoms with E-state index in [1.165, 1.54) is 0 Å². The van der Waals surface area contributed by atoms with Crippen molar-refractivity contribution in [2.24, 2.45) is 0 Å². The Morgan fingerprint density at radius 3 is 2.67 bits per heavy atom. The Kier molecular flexibility index (Phi) is 4.12. The van der Waals surface area contributed by atoms with Gasteiger partial charge < -0.3 is 4.90 Å². The lowest BCUT2D eigenvalue weighted by atomic mass is 10.3. The van der Waals surface area contributed by atoms with E-state index in [9.17, 15) is 0 Å². The van der Waals surface area contributed by atoms with E-state index in [1.807, 2.05) is 17.9 Å². The number of aromatic nitrogens is 1. The Bertz CT molecular complexity index is 383. The standard InChI is InChI=1S/C11H12N4/c1-2-15(7-3-6-12)11-5-4-10(8-13)9-14-11/h4-5,9H,2-3,7H2,1H3. The molecular weight excluding hydrogens is 188 g/mol. The minimum absolute atomic E-state index is 0.482. The average molecular weight is 200 g/mol. The summed E-state index contributed by atoms with van der Waals surface area (Å²) in [6.07, 6.45) is 2.03. The first-order valence-electron chi connectivity index (χ1n) is 4.80. The summed E-state index contributed by atoms with van der Waals surface area (Å²) < 4.78 is 0. The number of anilines is 1. The van der Waals surface area contributed by atoms with Gasteiger partial charge in [0.25, 0.3) is 0 Å². The van der Waals surface area contributed by atoms with E-state index in [0.717, 1.165) is 12.4 Å². The molecule has 0 atom stereocenters. The summed E-state index contributed by atoms with van der Waals surface area (Å²) in [5.41, 5.74) is 0.551. The van der Waals surface area contributed by atoms with Crippen LogP contribution in [0.25, 0.3) is 0 Å². The van der Waals surface area contributed by atoms with Gasteiger partial charge in [-0.3, -0.25) is 0 Å². The van der Waals surface area contributed by atoms with Crippen molar-refractivity contribution in [1.29, 1.82) is 10.5 Å². The van der Waals surface area contributed by atoms with Gasteiger partial charge in [0.05, 0.1) is 18.1 Å². The van der Waals surface area contributed by atoms with Crippen LogP contribution in [0.4, 0.5) is 5.82 Å². The fourth-order valence-electron chi connectivity index (χ4n) is 1.26. The summed E-state index contributed by atoms with van der Waals surface area (Å²) in [5, 5.41) is 17.1. The zero-order chi connectivity index (χ0) is 11.1. The average Bonchev–Trinajstić information content (AvgIpc) is 2.31. The lowest BCUT2D eigenvalue weighted by Gasteiger charge is -2.20. The van der Waals surface area contributed by atoms with Crippen LogP contribution in [0.2, 0.25) is 0 Å². The first kappa shape index (κ1) is 11.0. The van der Waals surface area contributed by atoms with E-state index >= 15 is 0 Å². The van der Waals surface area contributed by atoms with Gasteiger partial charge in [-0.05, 0) is 19.1 Å². The molecule has 0 bridgehead atoms. The van der Waals surface area contributed by atoms with E-state index in [2.05, 4.69) is 11.1 Å². The molecule has 0 aliphatic heterocycles. The second kappa shape index (κ2) is 5.62. The number of hydrogen-bond acceptors (Lipinski definition) is 4. The van der Waals surface area contributed by atoms with Gasteiger partial charge in [-0.1, -0.05) is 0 Å². The van der Waals surface area contributed by atoms with Gasteiger partial charge in [0.1, 0.15) is 11.9 Å².